The molecule has 1 nitrogen and oxygen atoms in total. The van der Waals surface area contributed by atoms with Gasteiger partial charge < -0.3 is 4.74 Å². The molecule has 96 valence electrons. The van der Waals surface area contributed by atoms with Crippen LogP contribution in [-0.4, -0.2) is 13.0 Å². The number of hydrogen-bond donors (Lipinski definition) is 0. The monoisotopic (exact) mass is 242 g/mol. The van der Waals surface area contributed by atoms with Crippen LogP contribution in [0, 0.1) is 5.92 Å². The molecule has 0 fully saturated rings. The van der Waals surface area contributed by atoms with Crippen molar-refractivity contribution in [3.63, 3.8) is 0 Å². The highest BCUT2D eigenvalue weighted by Crippen LogP contribution is 2.18. The van der Waals surface area contributed by atoms with Crippen LogP contribution in [0.5, 0.6) is 0 Å². The Labute approximate surface area is 102 Å². The second-order valence-corrected chi connectivity index (χ2v) is 4.24. The van der Waals surface area contributed by atoms with E-state index in [0.29, 0.717) is 13.0 Å². The lowest BCUT2D eigenvalue weighted by Crippen LogP contribution is -2.18. The van der Waals surface area contributed by atoms with Crippen molar-refractivity contribution in [3.05, 3.63) is 35.9 Å². The van der Waals surface area contributed by atoms with Crippen LogP contribution in [0.2, 0.25) is 0 Å². The Morgan fingerprint density at radius 3 is 2.47 bits per heavy atom. The zero-order valence-electron chi connectivity index (χ0n) is 10.2. The molecule has 3 heteroatoms. The van der Waals surface area contributed by atoms with Crippen molar-refractivity contribution in [2.24, 2.45) is 5.92 Å². The molecular formula is C14H20F2O. The first kappa shape index (κ1) is 14.1. The van der Waals surface area contributed by atoms with Gasteiger partial charge in [-0.1, -0.05) is 50.1 Å². The molecule has 0 heterocycles. The largest absolute Gasteiger partial charge is 0.376 e. The van der Waals surface area contributed by atoms with E-state index < -0.39 is 12.3 Å². The van der Waals surface area contributed by atoms with Crippen molar-refractivity contribution >= 4 is 0 Å². The van der Waals surface area contributed by atoms with Gasteiger partial charge in [0.1, 0.15) is 0 Å². The minimum atomic E-state index is -2.28. The van der Waals surface area contributed by atoms with Crippen LogP contribution in [0.15, 0.2) is 30.3 Å². The molecule has 1 rings (SSSR count). The molecule has 1 unspecified atom stereocenters. The van der Waals surface area contributed by atoms with E-state index in [1.165, 1.54) is 0 Å². The van der Waals surface area contributed by atoms with Crippen molar-refractivity contribution in [2.45, 2.75) is 39.2 Å². The normalized spacial score (nSPS) is 12.9. The molecule has 0 amide bonds. The second-order valence-electron chi connectivity index (χ2n) is 4.24. The van der Waals surface area contributed by atoms with Gasteiger partial charge in [-0.2, -0.15) is 0 Å². The fourth-order valence-electron chi connectivity index (χ4n) is 1.65. The third-order valence-electron chi connectivity index (χ3n) is 2.73. The number of halogens is 2. The SMILES string of the molecule is CCCCC(COCc1ccccc1)C(F)F. The first-order valence-corrected chi connectivity index (χ1v) is 6.13. The fourth-order valence-corrected chi connectivity index (χ4v) is 1.65. The summed E-state index contributed by atoms with van der Waals surface area (Å²) in [6.07, 6.45) is 0.0477. The molecule has 1 aromatic carbocycles. The van der Waals surface area contributed by atoms with Crippen LogP contribution < -0.4 is 0 Å². The van der Waals surface area contributed by atoms with Crippen molar-refractivity contribution < 1.29 is 13.5 Å². The molecule has 17 heavy (non-hydrogen) atoms. The lowest BCUT2D eigenvalue weighted by molar-refractivity contribution is -0.000977. The highest BCUT2D eigenvalue weighted by molar-refractivity contribution is 5.13. The summed E-state index contributed by atoms with van der Waals surface area (Å²) in [5.41, 5.74) is 1.02. The zero-order chi connectivity index (χ0) is 12.5. The smallest absolute Gasteiger partial charge is 0.243 e. The van der Waals surface area contributed by atoms with E-state index >= 15 is 0 Å². The Morgan fingerprint density at radius 1 is 1.18 bits per heavy atom. The topological polar surface area (TPSA) is 9.23 Å². The summed E-state index contributed by atoms with van der Waals surface area (Å²) in [7, 11) is 0. The molecule has 0 radical (unpaired) electrons. The van der Waals surface area contributed by atoms with Crippen LogP contribution >= 0.6 is 0 Å². The number of unbranched alkanes of at least 4 members (excludes halogenated alkanes) is 1. The molecule has 0 aliphatic carbocycles. The molecule has 0 N–H and O–H groups in total. The molecule has 1 atom stereocenters. The highest BCUT2D eigenvalue weighted by atomic mass is 19.3. The van der Waals surface area contributed by atoms with Crippen LogP contribution in [0.25, 0.3) is 0 Å². The molecule has 0 spiro atoms. The third-order valence-corrected chi connectivity index (χ3v) is 2.73. The lowest BCUT2D eigenvalue weighted by atomic mass is 10.0. The Hall–Kier alpha value is -0.960. The molecule has 0 bridgehead atoms. The van der Waals surface area contributed by atoms with E-state index in [2.05, 4.69) is 0 Å². The number of ether oxygens (including phenoxy) is 1. The molecule has 0 aliphatic rings. The quantitative estimate of drug-likeness (QED) is 0.661. The average Bonchev–Trinajstić information content (AvgIpc) is 2.34. The zero-order valence-corrected chi connectivity index (χ0v) is 10.2. The Bertz CT molecular complexity index is 288. The van der Waals surface area contributed by atoms with Crippen LogP contribution in [0.1, 0.15) is 31.7 Å². The van der Waals surface area contributed by atoms with E-state index in [9.17, 15) is 8.78 Å². The Balaban J connectivity index is 2.27. The maximum absolute atomic E-state index is 12.7. The average molecular weight is 242 g/mol. The van der Waals surface area contributed by atoms with Crippen molar-refractivity contribution in [1.82, 2.24) is 0 Å². The van der Waals surface area contributed by atoms with Crippen molar-refractivity contribution in [1.29, 1.82) is 0 Å². The van der Waals surface area contributed by atoms with Crippen LogP contribution in [0.4, 0.5) is 8.78 Å². The Morgan fingerprint density at radius 2 is 1.88 bits per heavy atom. The molecule has 0 saturated heterocycles. The van der Waals surface area contributed by atoms with Crippen LogP contribution in [-0.2, 0) is 11.3 Å². The summed E-state index contributed by atoms with van der Waals surface area (Å²) in [6.45, 7) is 2.57. The lowest BCUT2D eigenvalue weighted by Gasteiger charge is -2.15. The van der Waals surface area contributed by atoms with E-state index in [1.807, 2.05) is 37.3 Å². The van der Waals surface area contributed by atoms with Gasteiger partial charge in [-0.15, -0.1) is 0 Å². The Kier molecular flexibility index (Phi) is 6.78. The minimum Gasteiger partial charge on any atom is -0.376 e. The highest BCUT2D eigenvalue weighted by Gasteiger charge is 2.19. The summed E-state index contributed by atoms with van der Waals surface area (Å²) in [5, 5.41) is 0. The maximum Gasteiger partial charge on any atom is 0.243 e. The van der Waals surface area contributed by atoms with Crippen molar-refractivity contribution in [3.8, 4) is 0 Å². The fraction of sp³-hybridized carbons (Fsp3) is 0.571. The second kappa shape index (κ2) is 8.18. The van der Waals surface area contributed by atoms with E-state index in [1.54, 1.807) is 0 Å². The van der Waals surface area contributed by atoms with Gasteiger partial charge in [-0.05, 0) is 12.0 Å². The van der Waals surface area contributed by atoms with Gasteiger partial charge in [0.25, 0.3) is 0 Å². The summed E-state index contributed by atoms with van der Waals surface area (Å²) < 4.78 is 30.7. The molecule has 0 aliphatic heterocycles. The van der Waals surface area contributed by atoms with Gasteiger partial charge in [0.15, 0.2) is 0 Å². The summed E-state index contributed by atoms with van der Waals surface area (Å²) in [6, 6.07) is 9.63. The maximum atomic E-state index is 12.7. The van der Waals surface area contributed by atoms with Crippen LogP contribution in [0.3, 0.4) is 0 Å². The third kappa shape index (κ3) is 5.78. The summed E-state index contributed by atoms with van der Waals surface area (Å²) in [5.74, 6) is -0.626. The summed E-state index contributed by atoms with van der Waals surface area (Å²) >= 11 is 0. The first-order chi connectivity index (χ1) is 8.24. The standard InChI is InChI=1S/C14H20F2O/c1-2-3-9-13(14(15)16)11-17-10-12-7-5-4-6-8-12/h4-8,13-14H,2-3,9-11H2,1H3. The predicted octanol–water partition coefficient (Wildman–Crippen LogP) is 4.27. The number of rotatable bonds is 8. The molecule has 0 saturated carbocycles. The number of hydrogen-bond acceptors (Lipinski definition) is 1. The molecular weight excluding hydrogens is 222 g/mol. The van der Waals surface area contributed by atoms with Crippen molar-refractivity contribution in [2.75, 3.05) is 6.61 Å². The van der Waals surface area contributed by atoms with E-state index in [4.69, 9.17) is 4.74 Å². The van der Waals surface area contributed by atoms with Gasteiger partial charge in [-0.25, -0.2) is 8.78 Å². The number of benzene rings is 1. The molecule has 0 aromatic heterocycles. The van der Waals surface area contributed by atoms with Gasteiger partial charge >= 0.3 is 0 Å². The first-order valence-electron chi connectivity index (χ1n) is 6.13. The molecule has 1 aromatic rings. The van der Waals surface area contributed by atoms with Gasteiger partial charge in [0, 0.05) is 5.92 Å². The number of alkyl halides is 2. The van der Waals surface area contributed by atoms with E-state index in [-0.39, 0.29) is 6.61 Å². The van der Waals surface area contributed by atoms with Gasteiger partial charge in [-0.3, -0.25) is 0 Å². The minimum absolute atomic E-state index is 0.145. The predicted molar refractivity (Wildman–Crippen MR) is 65.1 cm³/mol. The summed E-state index contributed by atoms with van der Waals surface area (Å²) in [4.78, 5) is 0. The van der Waals surface area contributed by atoms with Gasteiger partial charge in [0.05, 0.1) is 13.2 Å². The van der Waals surface area contributed by atoms with E-state index in [0.717, 1.165) is 18.4 Å². The van der Waals surface area contributed by atoms with Gasteiger partial charge in [0.2, 0.25) is 6.43 Å².